The summed E-state index contributed by atoms with van der Waals surface area (Å²) in [5, 5.41) is 0. The van der Waals surface area contributed by atoms with Gasteiger partial charge in [-0.1, -0.05) is 22.9 Å². The lowest BCUT2D eigenvalue weighted by Gasteiger charge is -2.06. The summed E-state index contributed by atoms with van der Waals surface area (Å²) in [5.41, 5.74) is 7.42. The molecule has 0 aliphatic heterocycles. The second-order valence-corrected chi connectivity index (χ2v) is 7.38. The van der Waals surface area contributed by atoms with Crippen molar-refractivity contribution in [1.82, 2.24) is 9.55 Å². The Morgan fingerprint density at radius 3 is 2.83 bits per heavy atom. The molecule has 0 radical (unpaired) electrons. The quantitative estimate of drug-likeness (QED) is 0.926. The van der Waals surface area contributed by atoms with Crippen LogP contribution in [0.5, 0.6) is 0 Å². The maximum atomic E-state index is 11.5. The number of imidazole rings is 1. The van der Waals surface area contributed by atoms with Crippen LogP contribution in [0.25, 0.3) is 11.0 Å². The summed E-state index contributed by atoms with van der Waals surface area (Å²) >= 11 is 3.38. The van der Waals surface area contributed by atoms with Crippen LogP contribution in [0.1, 0.15) is 6.92 Å². The Labute approximate surface area is 114 Å². The number of aromatic nitrogens is 2. The maximum absolute atomic E-state index is 11.5. The Hall–Kier alpha value is -1.08. The van der Waals surface area contributed by atoms with E-state index in [-0.39, 0.29) is 11.5 Å². The van der Waals surface area contributed by atoms with Gasteiger partial charge in [0.1, 0.15) is 0 Å². The van der Waals surface area contributed by atoms with E-state index >= 15 is 0 Å². The van der Waals surface area contributed by atoms with Gasteiger partial charge in [0, 0.05) is 16.8 Å². The standard InChI is InChI=1S/C11H14BrN3O2S/c1-2-18(16,17)6-5-15-10-7-8(12)3-4-9(10)14-11(15)13/h3-4,7H,2,5-6H2,1H3,(H2,13,14). The highest BCUT2D eigenvalue weighted by atomic mass is 79.9. The highest BCUT2D eigenvalue weighted by molar-refractivity contribution is 9.10. The molecule has 0 fully saturated rings. The molecule has 2 rings (SSSR count). The number of nitrogens with two attached hydrogens (primary N) is 1. The third kappa shape index (κ3) is 2.67. The van der Waals surface area contributed by atoms with E-state index in [1.165, 1.54) is 0 Å². The van der Waals surface area contributed by atoms with Crippen LogP contribution in [-0.2, 0) is 16.4 Å². The lowest BCUT2D eigenvalue weighted by molar-refractivity contribution is 0.591. The number of anilines is 1. The number of sulfone groups is 1. The second kappa shape index (κ2) is 4.89. The van der Waals surface area contributed by atoms with Crippen molar-refractivity contribution in [3.05, 3.63) is 22.7 Å². The zero-order valence-corrected chi connectivity index (χ0v) is 12.3. The van der Waals surface area contributed by atoms with Gasteiger partial charge in [-0.25, -0.2) is 13.4 Å². The van der Waals surface area contributed by atoms with E-state index in [1.54, 1.807) is 11.5 Å². The molecule has 0 bridgehead atoms. The van der Waals surface area contributed by atoms with Crippen molar-refractivity contribution in [2.45, 2.75) is 13.5 Å². The van der Waals surface area contributed by atoms with Crippen LogP contribution < -0.4 is 5.73 Å². The zero-order valence-electron chi connectivity index (χ0n) is 9.93. The molecule has 18 heavy (non-hydrogen) atoms. The van der Waals surface area contributed by atoms with Gasteiger partial charge in [-0.3, -0.25) is 0 Å². The van der Waals surface area contributed by atoms with Crippen molar-refractivity contribution in [2.24, 2.45) is 0 Å². The minimum absolute atomic E-state index is 0.0751. The van der Waals surface area contributed by atoms with Gasteiger partial charge in [0.05, 0.1) is 16.8 Å². The molecule has 5 nitrogen and oxygen atoms in total. The predicted molar refractivity (Wildman–Crippen MR) is 76.2 cm³/mol. The summed E-state index contributed by atoms with van der Waals surface area (Å²) < 4.78 is 25.7. The van der Waals surface area contributed by atoms with Crippen molar-refractivity contribution in [1.29, 1.82) is 0 Å². The summed E-state index contributed by atoms with van der Waals surface area (Å²) in [6.07, 6.45) is 0. The molecule has 0 amide bonds. The topological polar surface area (TPSA) is 78.0 Å². The van der Waals surface area contributed by atoms with E-state index in [1.807, 2.05) is 18.2 Å². The number of rotatable bonds is 4. The van der Waals surface area contributed by atoms with Crippen LogP contribution in [0, 0.1) is 0 Å². The second-order valence-electron chi connectivity index (χ2n) is 3.99. The van der Waals surface area contributed by atoms with Crippen molar-refractivity contribution in [2.75, 3.05) is 17.2 Å². The molecule has 1 heterocycles. The van der Waals surface area contributed by atoms with E-state index in [0.717, 1.165) is 15.5 Å². The average molecular weight is 332 g/mol. The van der Waals surface area contributed by atoms with Crippen LogP contribution in [0.15, 0.2) is 22.7 Å². The monoisotopic (exact) mass is 331 g/mol. The van der Waals surface area contributed by atoms with E-state index < -0.39 is 9.84 Å². The van der Waals surface area contributed by atoms with Crippen molar-refractivity contribution >= 4 is 42.7 Å². The highest BCUT2D eigenvalue weighted by Gasteiger charge is 2.12. The van der Waals surface area contributed by atoms with Crippen LogP contribution in [0.2, 0.25) is 0 Å². The van der Waals surface area contributed by atoms with Gasteiger partial charge in [-0.05, 0) is 18.2 Å². The SMILES string of the molecule is CCS(=O)(=O)CCn1c(N)nc2ccc(Br)cc21. The van der Waals surface area contributed by atoms with Crippen molar-refractivity contribution in [3.63, 3.8) is 0 Å². The minimum atomic E-state index is -3.01. The first kappa shape index (κ1) is 13.4. The first-order valence-corrected chi connectivity index (χ1v) is 8.16. The minimum Gasteiger partial charge on any atom is -0.369 e. The summed E-state index contributed by atoms with van der Waals surface area (Å²) in [7, 11) is -3.01. The van der Waals surface area contributed by atoms with Crippen LogP contribution >= 0.6 is 15.9 Å². The molecule has 0 aliphatic carbocycles. The summed E-state index contributed by atoms with van der Waals surface area (Å²) in [5.74, 6) is 0.559. The predicted octanol–water partition coefficient (Wildman–Crippen LogP) is 1.82. The molecule has 0 atom stereocenters. The van der Waals surface area contributed by atoms with Crippen LogP contribution in [-0.4, -0.2) is 29.5 Å². The number of aryl methyl sites for hydroxylation is 1. The number of hydrogen-bond acceptors (Lipinski definition) is 4. The maximum Gasteiger partial charge on any atom is 0.201 e. The molecule has 2 N–H and O–H groups in total. The molecular weight excluding hydrogens is 318 g/mol. The molecule has 2 aromatic rings. The van der Waals surface area contributed by atoms with Gasteiger partial charge in [0.25, 0.3) is 0 Å². The Kier molecular flexibility index (Phi) is 3.63. The summed E-state index contributed by atoms with van der Waals surface area (Å²) in [6, 6.07) is 5.61. The third-order valence-corrected chi connectivity index (χ3v) is 4.98. The normalized spacial score (nSPS) is 12.1. The largest absolute Gasteiger partial charge is 0.369 e. The number of fused-ring (bicyclic) bond motifs is 1. The number of hydrogen-bond donors (Lipinski definition) is 1. The molecule has 1 aromatic heterocycles. The Bertz CT molecular complexity index is 679. The van der Waals surface area contributed by atoms with E-state index in [0.29, 0.717) is 12.5 Å². The van der Waals surface area contributed by atoms with Gasteiger partial charge in [-0.15, -0.1) is 0 Å². The first-order chi connectivity index (χ1) is 8.43. The molecule has 0 unspecified atom stereocenters. The molecule has 0 spiro atoms. The number of nitrogens with zero attached hydrogens (tertiary/aromatic N) is 2. The fraction of sp³-hybridized carbons (Fsp3) is 0.364. The van der Waals surface area contributed by atoms with E-state index in [9.17, 15) is 8.42 Å². The summed E-state index contributed by atoms with van der Waals surface area (Å²) in [6.45, 7) is 1.97. The lowest BCUT2D eigenvalue weighted by atomic mass is 10.3. The van der Waals surface area contributed by atoms with Crippen LogP contribution in [0.3, 0.4) is 0 Å². The fourth-order valence-electron chi connectivity index (χ4n) is 1.72. The molecule has 0 aliphatic rings. The van der Waals surface area contributed by atoms with E-state index in [4.69, 9.17) is 5.73 Å². The lowest BCUT2D eigenvalue weighted by Crippen LogP contribution is -2.15. The van der Waals surface area contributed by atoms with Crippen LogP contribution in [0.4, 0.5) is 5.95 Å². The van der Waals surface area contributed by atoms with Gasteiger partial charge in [0.15, 0.2) is 9.84 Å². The van der Waals surface area contributed by atoms with Gasteiger partial charge >= 0.3 is 0 Å². The molecule has 1 aromatic carbocycles. The Balaban J connectivity index is 2.38. The molecule has 98 valence electrons. The molecule has 7 heteroatoms. The molecular formula is C11H14BrN3O2S. The Morgan fingerprint density at radius 2 is 2.17 bits per heavy atom. The van der Waals surface area contributed by atoms with E-state index in [2.05, 4.69) is 20.9 Å². The Morgan fingerprint density at radius 1 is 1.44 bits per heavy atom. The van der Waals surface area contributed by atoms with Crippen molar-refractivity contribution in [3.8, 4) is 0 Å². The summed E-state index contributed by atoms with van der Waals surface area (Å²) in [4.78, 5) is 4.21. The molecule has 0 saturated heterocycles. The van der Waals surface area contributed by atoms with Gasteiger partial charge in [0.2, 0.25) is 5.95 Å². The first-order valence-electron chi connectivity index (χ1n) is 5.54. The zero-order chi connectivity index (χ0) is 13.3. The number of halogens is 1. The highest BCUT2D eigenvalue weighted by Crippen LogP contribution is 2.22. The average Bonchev–Trinajstić information content (AvgIpc) is 2.62. The number of nitrogen functional groups attached to an aromatic ring is 1. The van der Waals surface area contributed by atoms with Gasteiger partial charge in [-0.2, -0.15) is 0 Å². The van der Waals surface area contributed by atoms with Crippen molar-refractivity contribution < 1.29 is 8.42 Å². The third-order valence-electron chi connectivity index (χ3n) is 2.81. The fourth-order valence-corrected chi connectivity index (χ4v) is 2.82. The smallest absolute Gasteiger partial charge is 0.201 e. The van der Waals surface area contributed by atoms with Gasteiger partial charge < -0.3 is 10.3 Å². The number of benzene rings is 1. The molecule has 0 saturated carbocycles.